The predicted octanol–water partition coefficient (Wildman–Crippen LogP) is -0.300. The molecular formula is C6H5FN2O3. The van der Waals surface area contributed by atoms with Crippen molar-refractivity contribution in [1.29, 1.82) is 0 Å². The summed E-state index contributed by atoms with van der Waals surface area (Å²) in [6.07, 6.45) is 0.858. The fourth-order valence-corrected chi connectivity index (χ4v) is 0.702. The average molecular weight is 172 g/mol. The quantitative estimate of drug-likeness (QED) is 0.451. The number of nitrogens with zero attached hydrogens (tertiary/aromatic N) is 1. The minimum Gasteiger partial charge on any atom is -0.288 e. The zero-order valence-electron chi connectivity index (χ0n) is 5.82. The van der Waals surface area contributed by atoms with Crippen molar-refractivity contribution in [1.82, 2.24) is 10.3 Å². The maximum absolute atomic E-state index is 12.4. The van der Waals surface area contributed by atoms with Gasteiger partial charge in [0.15, 0.2) is 0 Å². The van der Waals surface area contributed by atoms with Gasteiger partial charge in [0, 0.05) is 6.20 Å². The van der Waals surface area contributed by atoms with E-state index in [1.807, 2.05) is 0 Å². The average Bonchev–Trinajstić information content (AvgIpc) is 2.08. The van der Waals surface area contributed by atoms with Crippen LogP contribution in [-0.2, 0) is 0 Å². The fraction of sp³-hybridized carbons (Fsp3) is 0. The molecule has 0 saturated heterocycles. The molecule has 0 spiro atoms. The lowest BCUT2D eigenvalue weighted by Crippen LogP contribution is -2.28. The van der Waals surface area contributed by atoms with Crippen LogP contribution in [0, 0.1) is 0 Å². The Balaban J connectivity index is 3.26. The van der Waals surface area contributed by atoms with Gasteiger partial charge in [0.05, 0.1) is 0 Å². The van der Waals surface area contributed by atoms with Crippen molar-refractivity contribution in [3.8, 4) is 0 Å². The highest BCUT2D eigenvalue weighted by molar-refractivity contribution is 5.92. The molecule has 1 amide bonds. The van der Waals surface area contributed by atoms with E-state index in [0.717, 1.165) is 12.3 Å². The maximum Gasteiger partial charge on any atom is 0.291 e. The Morgan fingerprint density at radius 1 is 1.67 bits per heavy atom. The Labute approximate surface area is 65.9 Å². The van der Waals surface area contributed by atoms with Gasteiger partial charge < -0.3 is 0 Å². The molecule has 1 rings (SSSR count). The molecule has 2 N–H and O–H groups in total. The fourth-order valence-electron chi connectivity index (χ4n) is 0.702. The number of hydrogen-bond donors (Lipinski definition) is 2. The van der Waals surface area contributed by atoms with E-state index in [1.54, 1.807) is 0 Å². The SMILES string of the molecule is O=C(NO)c1cccn(F)c1=O. The molecule has 6 heteroatoms. The van der Waals surface area contributed by atoms with Crippen molar-refractivity contribution in [3.05, 3.63) is 34.2 Å². The van der Waals surface area contributed by atoms with Gasteiger partial charge >= 0.3 is 0 Å². The van der Waals surface area contributed by atoms with Crippen molar-refractivity contribution < 1.29 is 14.5 Å². The lowest BCUT2D eigenvalue weighted by molar-refractivity contribution is 0.0702. The summed E-state index contributed by atoms with van der Waals surface area (Å²) in [7, 11) is 0. The highest BCUT2D eigenvalue weighted by Crippen LogP contribution is 1.90. The normalized spacial score (nSPS) is 9.50. The minimum absolute atomic E-state index is 0.245. The van der Waals surface area contributed by atoms with Crippen LogP contribution in [0.5, 0.6) is 0 Å². The van der Waals surface area contributed by atoms with Gasteiger partial charge in [0.2, 0.25) is 0 Å². The van der Waals surface area contributed by atoms with Crippen LogP contribution in [0.2, 0.25) is 0 Å². The van der Waals surface area contributed by atoms with Gasteiger partial charge in [-0.3, -0.25) is 14.8 Å². The molecule has 12 heavy (non-hydrogen) atoms. The summed E-state index contributed by atoms with van der Waals surface area (Å²) in [4.78, 5) is 21.2. The molecule has 0 unspecified atom stereocenters. The van der Waals surface area contributed by atoms with Crippen LogP contribution in [0.4, 0.5) is 4.48 Å². The summed E-state index contributed by atoms with van der Waals surface area (Å²) >= 11 is 0. The zero-order valence-corrected chi connectivity index (χ0v) is 5.82. The number of amides is 1. The van der Waals surface area contributed by atoms with Crippen LogP contribution >= 0.6 is 0 Å². The van der Waals surface area contributed by atoms with E-state index >= 15 is 0 Å². The summed E-state index contributed by atoms with van der Waals surface area (Å²) < 4.78 is 12.4. The predicted molar refractivity (Wildman–Crippen MR) is 36.5 cm³/mol. The van der Waals surface area contributed by atoms with Crippen LogP contribution in [0.25, 0.3) is 0 Å². The summed E-state index contributed by atoms with van der Waals surface area (Å²) in [6.45, 7) is 0. The lowest BCUT2D eigenvalue weighted by atomic mass is 10.3. The molecule has 64 valence electrons. The summed E-state index contributed by atoms with van der Waals surface area (Å²) in [5.41, 5.74) is -0.333. The molecule has 0 aromatic carbocycles. The molecule has 5 nitrogen and oxygen atoms in total. The summed E-state index contributed by atoms with van der Waals surface area (Å²) in [5.74, 6) is -1.04. The van der Waals surface area contributed by atoms with E-state index in [4.69, 9.17) is 5.21 Å². The van der Waals surface area contributed by atoms with E-state index in [9.17, 15) is 14.1 Å². The summed E-state index contributed by atoms with van der Waals surface area (Å²) in [6, 6.07) is 2.27. The van der Waals surface area contributed by atoms with E-state index in [0.29, 0.717) is 0 Å². The lowest BCUT2D eigenvalue weighted by Gasteiger charge is -1.96. The van der Waals surface area contributed by atoms with E-state index in [1.165, 1.54) is 11.5 Å². The van der Waals surface area contributed by atoms with Crippen molar-refractivity contribution in [3.63, 3.8) is 0 Å². The Hall–Kier alpha value is -1.69. The smallest absolute Gasteiger partial charge is 0.288 e. The number of hydroxylamine groups is 1. The molecule has 0 aliphatic rings. The number of carbonyl (C=O) groups excluding carboxylic acids is 1. The van der Waals surface area contributed by atoms with Crippen molar-refractivity contribution in [2.24, 2.45) is 0 Å². The van der Waals surface area contributed by atoms with Crippen molar-refractivity contribution in [2.75, 3.05) is 0 Å². The first-order valence-corrected chi connectivity index (χ1v) is 2.99. The highest BCUT2D eigenvalue weighted by Gasteiger charge is 2.10. The second kappa shape index (κ2) is 3.14. The molecule has 0 fully saturated rings. The molecule has 0 bridgehead atoms. The second-order valence-electron chi connectivity index (χ2n) is 1.98. The van der Waals surface area contributed by atoms with Gasteiger partial charge in [-0.05, 0) is 12.1 Å². The molecule has 0 atom stereocenters. The minimum atomic E-state index is -1.11. The Morgan fingerprint density at radius 2 is 2.33 bits per heavy atom. The standard InChI is InChI=1S/C6H5FN2O3/c7-9-3-1-2-4(6(9)11)5(10)8-12/h1-3,12H,(H,8,10). The highest BCUT2D eigenvalue weighted by atomic mass is 19.2. The summed E-state index contributed by atoms with van der Waals surface area (Å²) in [5, 5.41) is 8.13. The third kappa shape index (κ3) is 1.32. The Morgan fingerprint density at radius 3 is 2.92 bits per heavy atom. The second-order valence-corrected chi connectivity index (χ2v) is 1.98. The first kappa shape index (κ1) is 8.41. The maximum atomic E-state index is 12.4. The van der Waals surface area contributed by atoms with Crippen molar-refractivity contribution in [2.45, 2.75) is 0 Å². The van der Waals surface area contributed by atoms with Crippen LogP contribution in [0.3, 0.4) is 0 Å². The first-order chi connectivity index (χ1) is 5.66. The van der Waals surface area contributed by atoms with Crippen LogP contribution in [0.1, 0.15) is 10.4 Å². The number of carbonyl (C=O) groups is 1. The third-order valence-electron chi connectivity index (χ3n) is 1.25. The molecule has 0 radical (unpaired) electrons. The van der Waals surface area contributed by atoms with Gasteiger partial charge in [-0.25, -0.2) is 5.48 Å². The Bertz CT molecular complexity index is 360. The van der Waals surface area contributed by atoms with Crippen LogP contribution in [0.15, 0.2) is 23.1 Å². The van der Waals surface area contributed by atoms with Gasteiger partial charge in [-0.15, -0.1) is 4.79 Å². The molecule has 1 aromatic rings. The largest absolute Gasteiger partial charge is 0.291 e. The molecule has 0 aliphatic heterocycles. The molecule has 0 aliphatic carbocycles. The van der Waals surface area contributed by atoms with E-state index in [-0.39, 0.29) is 4.79 Å². The zero-order chi connectivity index (χ0) is 9.14. The van der Waals surface area contributed by atoms with Crippen molar-refractivity contribution >= 4 is 5.91 Å². The number of pyridine rings is 1. The molecule has 0 saturated carbocycles. The monoisotopic (exact) mass is 172 g/mol. The number of rotatable bonds is 1. The third-order valence-corrected chi connectivity index (χ3v) is 1.25. The van der Waals surface area contributed by atoms with Gasteiger partial charge in [0.1, 0.15) is 5.56 Å². The molecule has 1 heterocycles. The number of hydrogen-bond acceptors (Lipinski definition) is 3. The van der Waals surface area contributed by atoms with Crippen LogP contribution < -0.4 is 11.0 Å². The van der Waals surface area contributed by atoms with Gasteiger partial charge in [-0.2, -0.15) is 0 Å². The number of halogens is 1. The molecule has 1 aromatic heterocycles. The molecular weight excluding hydrogens is 167 g/mol. The van der Waals surface area contributed by atoms with Gasteiger partial charge in [0.25, 0.3) is 11.5 Å². The van der Waals surface area contributed by atoms with Gasteiger partial charge in [-0.1, -0.05) is 4.48 Å². The number of aromatic nitrogens is 1. The van der Waals surface area contributed by atoms with E-state index in [2.05, 4.69) is 0 Å². The number of nitrogens with one attached hydrogen (secondary N) is 1. The van der Waals surface area contributed by atoms with E-state index < -0.39 is 17.0 Å². The van der Waals surface area contributed by atoms with Crippen LogP contribution in [-0.4, -0.2) is 15.9 Å². The first-order valence-electron chi connectivity index (χ1n) is 2.99. The Kier molecular flexibility index (Phi) is 2.20. The topological polar surface area (TPSA) is 71.3 Å².